The van der Waals surface area contributed by atoms with Crippen LogP contribution in [-0.2, 0) is 27.4 Å². The van der Waals surface area contributed by atoms with E-state index < -0.39 is 0 Å². The summed E-state index contributed by atoms with van der Waals surface area (Å²) in [6.45, 7) is 4.50. The quantitative estimate of drug-likeness (QED) is 0.467. The van der Waals surface area contributed by atoms with E-state index in [1.165, 1.54) is 16.0 Å². The minimum absolute atomic E-state index is 0.0105. The summed E-state index contributed by atoms with van der Waals surface area (Å²) in [6, 6.07) is 22.9. The van der Waals surface area contributed by atoms with E-state index in [-0.39, 0.29) is 24.5 Å². The average Bonchev–Trinajstić information content (AvgIpc) is 3.41. The molecule has 0 spiro atoms. The Morgan fingerprint density at radius 1 is 0.833 bits per heavy atom. The van der Waals surface area contributed by atoms with Gasteiger partial charge in [-0.2, -0.15) is 0 Å². The van der Waals surface area contributed by atoms with Gasteiger partial charge in [-0.25, -0.2) is 0 Å². The first-order chi connectivity index (χ1) is 17.7. The van der Waals surface area contributed by atoms with Crippen LogP contribution < -0.4 is 0 Å². The number of benzene rings is 2. The molecule has 1 fully saturated rings. The molecule has 2 aliphatic rings. The molecule has 0 bridgehead atoms. The van der Waals surface area contributed by atoms with Gasteiger partial charge in [-0.1, -0.05) is 60.7 Å². The molecule has 1 atom stereocenters. The van der Waals surface area contributed by atoms with Gasteiger partial charge in [-0.05, 0) is 34.6 Å². The van der Waals surface area contributed by atoms with Gasteiger partial charge in [0.1, 0.15) is 6.61 Å². The molecule has 2 aliphatic heterocycles. The number of piperazine rings is 1. The van der Waals surface area contributed by atoms with Gasteiger partial charge in [0.2, 0.25) is 11.8 Å². The van der Waals surface area contributed by atoms with Gasteiger partial charge in [0.25, 0.3) is 0 Å². The number of rotatable bonds is 8. The number of thiophene rings is 1. The average molecular weight is 504 g/mol. The van der Waals surface area contributed by atoms with E-state index >= 15 is 0 Å². The van der Waals surface area contributed by atoms with Crippen LogP contribution in [0.1, 0.15) is 34.0 Å². The van der Waals surface area contributed by atoms with Crippen LogP contribution in [0.3, 0.4) is 0 Å². The molecular formula is C29H33N3O3S. The van der Waals surface area contributed by atoms with Crippen LogP contribution in [0.15, 0.2) is 72.1 Å². The topological polar surface area (TPSA) is 53.1 Å². The minimum atomic E-state index is -0.0105. The zero-order chi connectivity index (χ0) is 24.7. The molecule has 6 nitrogen and oxygen atoms in total. The molecule has 1 saturated heterocycles. The fourth-order valence-electron chi connectivity index (χ4n) is 5.16. The van der Waals surface area contributed by atoms with Crippen molar-refractivity contribution in [3.8, 4) is 0 Å². The normalized spacial score (nSPS) is 18.2. The highest BCUT2D eigenvalue weighted by molar-refractivity contribution is 7.10. The molecule has 0 radical (unpaired) electrons. The van der Waals surface area contributed by atoms with Crippen molar-refractivity contribution >= 4 is 23.2 Å². The predicted octanol–water partition coefficient (Wildman–Crippen LogP) is 3.97. The van der Waals surface area contributed by atoms with Crippen LogP contribution in [-0.4, -0.2) is 72.4 Å². The monoisotopic (exact) mass is 503 g/mol. The molecule has 3 heterocycles. The Kier molecular flexibility index (Phi) is 8.11. The van der Waals surface area contributed by atoms with Crippen molar-refractivity contribution in [2.45, 2.75) is 25.5 Å². The number of amides is 2. The summed E-state index contributed by atoms with van der Waals surface area (Å²) in [5.41, 5.74) is 3.72. The van der Waals surface area contributed by atoms with E-state index in [4.69, 9.17) is 4.74 Å². The zero-order valence-corrected chi connectivity index (χ0v) is 21.4. The van der Waals surface area contributed by atoms with E-state index in [1.54, 1.807) is 0 Å². The fourth-order valence-corrected chi connectivity index (χ4v) is 6.06. The zero-order valence-electron chi connectivity index (χ0n) is 20.6. The van der Waals surface area contributed by atoms with Crippen molar-refractivity contribution in [1.82, 2.24) is 14.7 Å². The Morgan fingerprint density at radius 2 is 1.50 bits per heavy atom. The van der Waals surface area contributed by atoms with Crippen molar-refractivity contribution in [3.63, 3.8) is 0 Å². The maximum atomic E-state index is 13.1. The third-order valence-electron chi connectivity index (χ3n) is 7.12. The molecule has 2 aromatic carbocycles. The molecule has 1 unspecified atom stereocenters. The number of hydrogen-bond acceptors (Lipinski definition) is 5. The maximum Gasteiger partial charge on any atom is 0.248 e. The highest BCUT2D eigenvalue weighted by Crippen LogP contribution is 2.37. The summed E-state index contributed by atoms with van der Waals surface area (Å²) in [4.78, 5) is 33.2. The van der Waals surface area contributed by atoms with E-state index in [0.29, 0.717) is 39.2 Å². The van der Waals surface area contributed by atoms with E-state index in [2.05, 4.69) is 46.7 Å². The van der Waals surface area contributed by atoms with Gasteiger partial charge in [0.05, 0.1) is 12.6 Å². The molecule has 0 saturated carbocycles. The second kappa shape index (κ2) is 11.8. The molecule has 7 heteroatoms. The Hall–Kier alpha value is -3.00. The standard InChI is InChI=1S/C29H33N3O3S/c33-27(30-16-18-31(19-17-30)28(34)22-35-21-23-7-3-1-4-8-23)12-15-32-14-11-26-25(13-20-36-26)29(32)24-9-5-2-6-10-24/h1-10,13,20,29H,11-12,14-19,21-22H2. The maximum absolute atomic E-state index is 13.1. The third kappa shape index (κ3) is 5.86. The van der Waals surface area contributed by atoms with Crippen LogP contribution >= 0.6 is 11.3 Å². The van der Waals surface area contributed by atoms with Crippen LogP contribution in [0.2, 0.25) is 0 Å². The second-order valence-electron chi connectivity index (χ2n) is 9.39. The first kappa shape index (κ1) is 24.7. The lowest BCUT2D eigenvalue weighted by molar-refractivity contribution is -0.142. The molecular weight excluding hydrogens is 470 g/mol. The molecule has 5 rings (SSSR count). The SMILES string of the molecule is O=C(CCN1CCc2sccc2C1c1ccccc1)N1CCN(C(=O)COCc2ccccc2)CC1. The molecule has 0 N–H and O–H groups in total. The van der Waals surface area contributed by atoms with Gasteiger partial charge < -0.3 is 14.5 Å². The Labute approximate surface area is 217 Å². The second-order valence-corrected chi connectivity index (χ2v) is 10.4. The van der Waals surface area contributed by atoms with Crippen molar-refractivity contribution in [2.75, 3.05) is 45.9 Å². The largest absolute Gasteiger partial charge is 0.367 e. The number of carbonyl (C=O) groups is 2. The molecule has 1 aromatic heterocycles. The summed E-state index contributed by atoms with van der Waals surface area (Å²) < 4.78 is 5.60. The minimum Gasteiger partial charge on any atom is -0.367 e. The fraction of sp³-hybridized carbons (Fsp3) is 0.379. The van der Waals surface area contributed by atoms with Gasteiger partial charge in [0, 0.05) is 50.6 Å². The number of nitrogens with zero attached hydrogens (tertiary/aromatic N) is 3. The highest BCUT2D eigenvalue weighted by Gasteiger charge is 2.30. The first-order valence-corrected chi connectivity index (χ1v) is 13.6. The molecule has 0 aliphatic carbocycles. The first-order valence-electron chi connectivity index (χ1n) is 12.7. The Bertz CT molecular complexity index is 1140. The van der Waals surface area contributed by atoms with Crippen molar-refractivity contribution < 1.29 is 14.3 Å². The van der Waals surface area contributed by atoms with Crippen LogP contribution in [0.4, 0.5) is 0 Å². The number of fused-ring (bicyclic) bond motifs is 1. The Balaban J connectivity index is 1.09. The van der Waals surface area contributed by atoms with Crippen LogP contribution in [0.5, 0.6) is 0 Å². The lowest BCUT2D eigenvalue weighted by atomic mass is 9.93. The summed E-state index contributed by atoms with van der Waals surface area (Å²) in [5.74, 6) is 0.161. The smallest absolute Gasteiger partial charge is 0.248 e. The summed E-state index contributed by atoms with van der Waals surface area (Å²) >= 11 is 1.84. The van der Waals surface area contributed by atoms with Crippen molar-refractivity contribution in [3.05, 3.63) is 93.7 Å². The highest BCUT2D eigenvalue weighted by atomic mass is 32.1. The molecule has 3 aromatic rings. The number of ether oxygens (including phenoxy) is 1. The molecule has 188 valence electrons. The number of carbonyl (C=O) groups excluding carboxylic acids is 2. The molecule has 36 heavy (non-hydrogen) atoms. The summed E-state index contributed by atoms with van der Waals surface area (Å²) in [5, 5.41) is 2.18. The van der Waals surface area contributed by atoms with E-state index in [1.807, 2.05) is 51.5 Å². The lowest BCUT2D eigenvalue weighted by Gasteiger charge is -2.38. The summed E-state index contributed by atoms with van der Waals surface area (Å²) in [6.07, 6.45) is 1.54. The Morgan fingerprint density at radius 3 is 2.22 bits per heavy atom. The van der Waals surface area contributed by atoms with E-state index in [0.717, 1.165) is 25.1 Å². The van der Waals surface area contributed by atoms with Gasteiger partial charge in [0.15, 0.2) is 0 Å². The van der Waals surface area contributed by atoms with Gasteiger partial charge >= 0.3 is 0 Å². The van der Waals surface area contributed by atoms with Gasteiger partial charge in [-0.3, -0.25) is 14.5 Å². The van der Waals surface area contributed by atoms with Gasteiger partial charge in [-0.15, -0.1) is 11.3 Å². The predicted molar refractivity (Wildman–Crippen MR) is 142 cm³/mol. The van der Waals surface area contributed by atoms with Crippen LogP contribution in [0, 0.1) is 0 Å². The number of hydrogen-bond donors (Lipinski definition) is 0. The van der Waals surface area contributed by atoms with Crippen molar-refractivity contribution in [1.29, 1.82) is 0 Å². The third-order valence-corrected chi connectivity index (χ3v) is 8.11. The lowest BCUT2D eigenvalue weighted by Crippen LogP contribution is -2.51. The van der Waals surface area contributed by atoms with Crippen LogP contribution in [0.25, 0.3) is 0 Å². The van der Waals surface area contributed by atoms with Crippen molar-refractivity contribution in [2.24, 2.45) is 0 Å². The van der Waals surface area contributed by atoms with E-state index in [9.17, 15) is 9.59 Å². The summed E-state index contributed by atoms with van der Waals surface area (Å²) in [7, 11) is 0. The molecule has 2 amide bonds.